The largest absolute Gasteiger partial charge is 0.478 e. The Morgan fingerprint density at radius 1 is 1.73 bits per heavy atom. The van der Waals surface area contributed by atoms with E-state index in [4.69, 9.17) is 9.84 Å². The lowest BCUT2D eigenvalue weighted by Gasteiger charge is -2.34. The van der Waals surface area contributed by atoms with Crippen LogP contribution < -0.4 is 0 Å². The zero-order chi connectivity index (χ0) is 11.0. The summed E-state index contributed by atoms with van der Waals surface area (Å²) in [4.78, 5) is 23.4. The molecular formula is C10H11NO4. The van der Waals surface area contributed by atoms with Gasteiger partial charge in [0.1, 0.15) is 5.76 Å². The average molecular weight is 209 g/mol. The lowest BCUT2D eigenvalue weighted by atomic mass is 10.1. The fourth-order valence-electron chi connectivity index (χ4n) is 1.89. The van der Waals surface area contributed by atoms with E-state index in [0.29, 0.717) is 18.6 Å². The van der Waals surface area contributed by atoms with Crippen LogP contribution >= 0.6 is 0 Å². The standard InChI is InChI=1S/C10H11NO4/c1-2-3-6-7(4-10(13)14)15-9-5-8(12)11(6)9/h2,4,6,9H,1,3,5H2,(H,13,14)/t6?,9-/m1/s1. The van der Waals surface area contributed by atoms with Crippen molar-refractivity contribution in [3.05, 3.63) is 24.5 Å². The molecule has 1 N–H and O–H groups in total. The first-order valence-corrected chi connectivity index (χ1v) is 4.66. The van der Waals surface area contributed by atoms with Crippen LogP contribution in [-0.4, -0.2) is 34.2 Å². The Labute approximate surface area is 86.6 Å². The molecular weight excluding hydrogens is 198 g/mol. The zero-order valence-electron chi connectivity index (χ0n) is 8.05. The summed E-state index contributed by atoms with van der Waals surface area (Å²) in [5, 5.41) is 8.63. The molecule has 15 heavy (non-hydrogen) atoms. The van der Waals surface area contributed by atoms with Crippen molar-refractivity contribution in [1.29, 1.82) is 0 Å². The number of rotatable bonds is 3. The molecule has 0 aliphatic carbocycles. The molecule has 2 rings (SSSR count). The number of carbonyl (C=O) groups is 2. The van der Waals surface area contributed by atoms with Crippen LogP contribution in [0.3, 0.4) is 0 Å². The van der Waals surface area contributed by atoms with E-state index in [1.165, 1.54) is 0 Å². The first-order chi connectivity index (χ1) is 7.13. The summed E-state index contributed by atoms with van der Waals surface area (Å²) >= 11 is 0. The quantitative estimate of drug-likeness (QED) is 0.417. The fourth-order valence-corrected chi connectivity index (χ4v) is 1.89. The van der Waals surface area contributed by atoms with Gasteiger partial charge in [0, 0.05) is 0 Å². The van der Waals surface area contributed by atoms with Gasteiger partial charge in [-0.2, -0.15) is 0 Å². The van der Waals surface area contributed by atoms with Crippen LogP contribution in [0, 0.1) is 0 Å². The molecule has 0 aromatic heterocycles. The second kappa shape index (κ2) is 3.42. The van der Waals surface area contributed by atoms with Crippen LogP contribution in [0.2, 0.25) is 0 Å². The Kier molecular flexibility index (Phi) is 2.22. The molecule has 80 valence electrons. The Bertz CT molecular complexity index is 360. The number of carbonyl (C=O) groups excluding carboxylic acids is 1. The normalized spacial score (nSPS) is 30.8. The minimum atomic E-state index is -1.06. The van der Waals surface area contributed by atoms with E-state index in [1.807, 2.05) is 0 Å². The molecule has 0 aromatic rings. The van der Waals surface area contributed by atoms with Crippen molar-refractivity contribution in [2.24, 2.45) is 0 Å². The summed E-state index contributed by atoms with van der Waals surface area (Å²) in [6.45, 7) is 3.58. The molecule has 2 aliphatic heterocycles. The Morgan fingerprint density at radius 3 is 3.00 bits per heavy atom. The summed E-state index contributed by atoms with van der Waals surface area (Å²) in [5.74, 6) is -0.715. The average Bonchev–Trinajstić information content (AvgIpc) is 2.38. The van der Waals surface area contributed by atoms with Gasteiger partial charge in [-0.25, -0.2) is 4.79 Å². The van der Waals surface area contributed by atoms with Gasteiger partial charge < -0.3 is 9.84 Å². The Morgan fingerprint density at radius 2 is 2.47 bits per heavy atom. The molecule has 1 amide bonds. The topological polar surface area (TPSA) is 66.8 Å². The van der Waals surface area contributed by atoms with Crippen molar-refractivity contribution in [1.82, 2.24) is 4.90 Å². The molecule has 0 radical (unpaired) electrons. The highest BCUT2D eigenvalue weighted by Crippen LogP contribution is 2.37. The van der Waals surface area contributed by atoms with Crippen LogP contribution in [0.5, 0.6) is 0 Å². The van der Waals surface area contributed by atoms with E-state index in [9.17, 15) is 9.59 Å². The zero-order valence-corrected chi connectivity index (χ0v) is 8.05. The Hall–Kier alpha value is -1.78. The molecule has 5 nitrogen and oxygen atoms in total. The van der Waals surface area contributed by atoms with E-state index < -0.39 is 5.97 Å². The highest BCUT2D eigenvalue weighted by molar-refractivity contribution is 5.85. The first-order valence-electron chi connectivity index (χ1n) is 4.66. The summed E-state index contributed by atoms with van der Waals surface area (Å²) in [6.07, 6.45) is 3.25. The third-order valence-corrected chi connectivity index (χ3v) is 2.54. The van der Waals surface area contributed by atoms with Crippen LogP contribution in [0.25, 0.3) is 0 Å². The highest BCUT2D eigenvalue weighted by Gasteiger charge is 2.50. The second-order valence-corrected chi connectivity index (χ2v) is 3.50. The number of carboxylic acid groups (broad SMARTS) is 1. The maximum Gasteiger partial charge on any atom is 0.331 e. The number of carboxylic acids is 1. The van der Waals surface area contributed by atoms with Crippen molar-refractivity contribution in [2.45, 2.75) is 25.1 Å². The van der Waals surface area contributed by atoms with Crippen molar-refractivity contribution in [3.8, 4) is 0 Å². The minimum Gasteiger partial charge on any atom is -0.478 e. The molecule has 2 aliphatic rings. The Balaban J connectivity index is 2.22. The smallest absolute Gasteiger partial charge is 0.331 e. The fraction of sp³-hybridized carbons (Fsp3) is 0.400. The third kappa shape index (κ3) is 1.49. The predicted molar refractivity (Wildman–Crippen MR) is 50.7 cm³/mol. The minimum absolute atomic E-state index is 0.000591. The van der Waals surface area contributed by atoms with Crippen LogP contribution in [0.1, 0.15) is 12.8 Å². The van der Waals surface area contributed by atoms with E-state index in [-0.39, 0.29) is 18.2 Å². The van der Waals surface area contributed by atoms with Crippen molar-refractivity contribution >= 4 is 11.9 Å². The van der Waals surface area contributed by atoms with Gasteiger partial charge in [-0.15, -0.1) is 6.58 Å². The second-order valence-electron chi connectivity index (χ2n) is 3.50. The maximum atomic E-state index is 11.3. The van der Waals surface area contributed by atoms with E-state index in [2.05, 4.69) is 6.58 Å². The van der Waals surface area contributed by atoms with Gasteiger partial charge >= 0.3 is 5.97 Å². The lowest BCUT2D eigenvalue weighted by Crippen LogP contribution is -2.52. The maximum absolute atomic E-state index is 11.3. The van der Waals surface area contributed by atoms with E-state index >= 15 is 0 Å². The van der Waals surface area contributed by atoms with E-state index in [0.717, 1.165) is 6.08 Å². The number of fused-ring (bicyclic) bond motifs is 1. The molecule has 2 saturated heterocycles. The number of β-lactam (4-membered cyclic amide) rings is 1. The third-order valence-electron chi connectivity index (χ3n) is 2.54. The summed E-state index contributed by atoms with van der Waals surface area (Å²) in [7, 11) is 0. The van der Waals surface area contributed by atoms with Gasteiger partial charge in [-0.1, -0.05) is 6.08 Å². The molecule has 2 atom stereocenters. The molecule has 0 bridgehead atoms. The van der Waals surface area contributed by atoms with Gasteiger partial charge in [0.15, 0.2) is 6.23 Å². The molecule has 2 heterocycles. The van der Waals surface area contributed by atoms with Gasteiger partial charge in [0.2, 0.25) is 5.91 Å². The van der Waals surface area contributed by atoms with Crippen LogP contribution in [0.15, 0.2) is 24.5 Å². The van der Waals surface area contributed by atoms with Crippen molar-refractivity contribution in [2.75, 3.05) is 0 Å². The summed E-state index contributed by atoms with van der Waals surface area (Å²) in [5.41, 5.74) is 0. The van der Waals surface area contributed by atoms with Crippen LogP contribution in [-0.2, 0) is 14.3 Å². The van der Waals surface area contributed by atoms with Crippen molar-refractivity contribution < 1.29 is 19.4 Å². The van der Waals surface area contributed by atoms with Gasteiger partial charge in [0.05, 0.1) is 18.5 Å². The van der Waals surface area contributed by atoms with Crippen molar-refractivity contribution in [3.63, 3.8) is 0 Å². The predicted octanol–water partition coefficient (Wildman–Crippen LogP) is 0.488. The number of aliphatic carboxylic acids is 1. The monoisotopic (exact) mass is 209 g/mol. The lowest BCUT2D eigenvalue weighted by molar-refractivity contribution is -0.156. The molecule has 1 unspecified atom stereocenters. The number of hydrogen-bond acceptors (Lipinski definition) is 3. The number of hydrogen-bond donors (Lipinski definition) is 1. The molecule has 2 fully saturated rings. The van der Waals surface area contributed by atoms with E-state index in [1.54, 1.807) is 11.0 Å². The van der Waals surface area contributed by atoms with Crippen LogP contribution in [0.4, 0.5) is 0 Å². The first kappa shape index (κ1) is 9.76. The number of amides is 1. The number of ether oxygens (including phenoxy) is 1. The highest BCUT2D eigenvalue weighted by atomic mass is 16.5. The summed E-state index contributed by atoms with van der Waals surface area (Å²) < 4.78 is 5.34. The molecule has 0 spiro atoms. The van der Waals surface area contributed by atoms with Gasteiger partial charge in [-0.3, -0.25) is 9.69 Å². The number of nitrogens with zero attached hydrogens (tertiary/aromatic N) is 1. The summed E-state index contributed by atoms with van der Waals surface area (Å²) in [6, 6.07) is -0.287. The SMILES string of the molecule is C=CCC1C(=CC(=O)O)O[C@@H]2CC(=O)N12. The van der Waals surface area contributed by atoms with Gasteiger partial charge in [0.25, 0.3) is 0 Å². The molecule has 0 aromatic carbocycles. The molecule has 0 saturated carbocycles. The van der Waals surface area contributed by atoms with Gasteiger partial charge in [-0.05, 0) is 6.42 Å². The molecule has 5 heteroatoms.